The number of benzene rings is 1. The fourth-order valence-corrected chi connectivity index (χ4v) is 4.56. The van der Waals surface area contributed by atoms with Crippen molar-refractivity contribution in [3.05, 3.63) is 23.8 Å². The van der Waals surface area contributed by atoms with Crippen LogP contribution in [-0.2, 0) is 16.4 Å². The fraction of sp³-hybridized carbons (Fsp3) is 0.571. The average molecular weight is 299 g/mol. The Morgan fingerprint density at radius 3 is 2.25 bits per heavy atom. The minimum absolute atomic E-state index is 0.196. The molecule has 20 heavy (non-hydrogen) atoms. The van der Waals surface area contributed by atoms with E-state index in [1.54, 1.807) is 14.2 Å². The third-order valence-electron chi connectivity index (χ3n) is 3.63. The Balaban J connectivity index is 2.07. The second kappa shape index (κ2) is 5.61. The Kier molecular flexibility index (Phi) is 4.25. The molecule has 1 fully saturated rings. The zero-order valence-corrected chi connectivity index (χ0v) is 12.9. The Labute approximate surface area is 120 Å². The van der Waals surface area contributed by atoms with Crippen LogP contribution in [0.3, 0.4) is 0 Å². The van der Waals surface area contributed by atoms with Crippen LogP contribution in [0.15, 0.2) is 18.2 Å². The van der Waals surface area contributed by atoms with Crippen molar-refractivity contribution in [1.82, 2.24) is 5.32 Å². The second-order valence-corrected chi connectivity index (χ2v) is 7.66. The monoisotopic (exact) mass is 299 g/mol. The first-order chi connectivity index (χ1) is 9.36. The lowest BCUT2D eigenvalue weighted by molar-refractivity contribution is 0.383. The maximum Gasteiger partial charge on any atom is 0.152 e. The lowest BCUT2D eigenvalue weighted by Gasteiger charge is -2.24. The van der Waals surface area contributed by atoms with Gasteiger partial charge < -0.3 is 14.8 Å². The number of nitrogens with one attached hydrogen (secondary N) is 1. The summed E-state index contributed by atoms with van der Waals surface area (Å²) in [7, 11) is 0.320. The summed E-state index contributed by atoms with van der Waals surface area (Å²) in [6, 6.07) is 5.65. The smallest absolute Gasteiger partial charge is 0.152 e. The molecular formula is C14H21NO4S. The standard InChI is InChI=1S/C14H21NO4S/c1-14(4-5-20(16,17)10-14)15-9-11-6-12(18-2)8-13(7-11)19-3/h6-8,15H,4-5,9-10H2,1-3H3. The van der Waals surface area contributed by atoms with Gasteiger partial charge in [-0.25, -0.2) is 8.42 Å². The number of rotatable bonds is 5. The molecule has 1 aromatic carbocycles. The number of methoxy groups -OCH3 is 2. The predicted octanol–water partition coefficient (Wildman–Crippen LogP) is 1.37. The van der Waals surface area contributed by atoms with Crippen LogP contribution in [-0.4, -0.2) is 39.7 Å². The number of ether oxygens (including phenoxy) is 2. The molecule has 1 aliphatic rings. The van der Waals surface area contributed by atoms with Gasteiger partial charge in [0.15, 0.2) is 9.84 Å². The van der Waals surface area contributed by atoms with Crippen LogP contribution in [0.2, 0.25) is 0 Å². The summed E-state index contributed by atoms with van der Waals surface area (Å²) in [5.74, 6) is 1.91. The van der Waals surface area contributed by atoms with Crippen LogP contribution in [0, 0.1) is 0 Å². The fourth-order valence-electron chi connectivity index (χ4n) is 2.43. The molecule has 0 amide bonds. The van der Waals surface area contributed by atoms with Gasteiger partial charge in [-0.2, -0.15) is 0 Å². The lowest BCUT2D eigenvalue weighted by Crippen LogP contribution is -2.42. The van der Waals surface area contributed by atoms with Crippen molar-refractivity contribution < 1.29 is 17.9 Å². The number of hydrogen-bond donors (Lipinski definition) is 1. The van der Waals surface area contributed by atoms with Crippen molar-refractivity contribution in [2.45, 2.75) is 25.4 Å². The highest BCUT2D eigenvalue weighted by Gasteiger charge is 2.37. The molecule has 1 aliphatic heterocycles. The lowest BCUT2D eigenvalue weighted by atomic mass is 10.0. The zero-order chi connectivity index (χ0) is 14.8. The first-order valence-corrected chi connectivity index (χ1v) is 8.35. The summed E-state index contributed by atoms with van der Waals surface area (Å²) >= 11 is 0. The second-order valence-electron chi connectivity index (χ2n) is 5.48. The minimum atomic E-state index is -2.90. The van der Waals surface area contributed by atoms with E-state index in [1.165, 1.54) is 0 Å². The molecule has 1 aromatic rings. The molecule has 5 nitrogen and oxygen atoms in total. The maximum atomic E-state index is 11.6. The van der Waals surface area contributed by atoms with Gasteiger partial charge in [0.2, 0.25) is 0 Å². The van der Waals surface area contributed by atoms with Gasteiger partial charge in [-0.05, 0) is 31.0 Å². The molecule has 1 saturated heterocycles. The molecule has 2 rings (SSSR count). The van der Waals surface area contributed by atoms with Crippen molar-refractivity contribution in [3.8, 4) is 11.5 Å². The third-order valence-corrected chi connectivity index (χ3v) is 5.54. The van der Waals surface area contributed by atoms with E-state index < -0.39 is 9.84 Å². The van der Waals surface area contributed by atoms with Crippen molar-refractivity contribution in [2.75, 3.05) is 25.7 Å². The molecule has 0 aliphatic carbocycles. The van der Waals surface area contributed by atoms with Gasteiger partial charge in [0.05, 0.1) is 25.7 Å². The van der Waals surface area contributed by atoms with Crippen LogP contribution < -0.4 is 14.8 Å². The topological polar surface area (TPSA) is 64.6 Å². The molecule has 1 unspecified atom stereocenters. The van der Waals surface area contributed by atoms with E-state index in [1.807, 2.05) is 25.1 Å². The molecule has 112 valence electrons. The Hall–Kier alpha value is -1.27. The highest BCUT2D eigenvalue weighted by atomic mass is 32.2. The van der Waals surface area contributed by atoms with E-state index in [-0.39, 0.29) is 17.0 Å². The highest BCUT2D eigenvalue weighted by Crippen LogP contribution is 2.25. The Bertz CT molecular complexity index is 563. The van der Waals surface area contributed by atoms with Gasteiger partial charge in [-0.1, -0.05) is 0 Å². The average Bonchev–Trinajstić information content (AvgIpc) is 2.70. The molecule has 0 spiro atoms. The molecule has 1 atom stereocenters. The van der Waals surface area contributed by atoms with Crippen molar-refractivity contribution >= 4 is 9.84 Å². The summed E-state index contributed by atoms with van der Waals surface area (Å²) in [4.78, 5) is 0. The summed E-state index contributed by atoms with van der Waals surface area (Å²) < 4.78 is 33.6. The summed E-state index contributed by atoms with van der Waals surface area (Å²) in [6.45, 7) is 2.54. The molecule has 6 heteroatoms. The van der Waals surface area contributed by atoms with E-state index in [4.69, 9.17) is 9.47 Å². The summed E-state index contributed by atoms with van der Waals surface area (Å²) in [5, 5.41) is 3.34. The highest BCUT2D eigenvalue weighted by molar-refractivity contribution is 7.91. The maximum absolute atomic E-state index is 11.6. The van der Waals surface area contributed by atoms with Crippen LogP contribution in [0.4, 0.5) is 0 Å². The van der Waals surface area contributed by atoms with Gasteiger partial charge in [0.25, 0.3) is 0 Å². The van der Waals surface area contributed by atoms with Crippen molar-refractivity contribution in [1.29, 1.82) is 0 Å². The molecule has 0 saturated carbocycles. The molecule has 1 N–H and O–H groups in total. The third kappa shape index (κ3) is 3.64. The Morgan fingerprint density at radius 2 is 1.80 bits per heavy atom. The molecule has 0 radical (unpaired) electrons. The number of hydrogen-bond acceptors (Lipinski definition) is 5. The van der Waals surface area contributed by atoms with Gasteiger partial charge in [0.1, 0.15) is 11.5 Å². The Morgan fingerprint density at radius 1 is 1.20 bits per heavy atom. The van der Waals surface area contributed by atoms with Gasteiger partial charge >= 0.3 is 0 Å². The minimum Gasteiger partial charge on any atom is -0.497 e. The van der Waals surface area contributed by atoms with Crippen molar-refractivity contribution in [3.63, 3.8) is 0 Å². The van der Waals surface area contributed by atoms with Gasteiger partial charge in [-0.3, -0.25) is 0 Å². The molecular weight excluding hydrogens is 278 g/mol. The van der Waals surface area contributed by atoms with Crippen LogP contribution in [0.1, 0.15) is 18.9 Å². The van der Waals surface area contributed by atoms with Crippen LogP contribution in [0.25, 0.3) is 0 Å². The molecule has 1 heterocycles. The zero-order valence-electron chi connectivity index (χ0n) is 12.1. The van der Waals surface area contributed by atoms with Crippen LogP contribution >= 0.6 is 0 Å². The molecule has 0 bridgehead atoms. The van der Waals surface area contributed by atoms with Gasteiger partial charge in [-0.15, -0.1) is 0 Å². The van der Waals surface area contributed by atoms with E-state index >= 15 is 0 Å². The SMILES string of the molecule is COc1cc(CNC2(C)CCS(=O)(=O)C2)cc(OC)c1. The summed E-state index contributed by atoms with van der Waals surface area (Å²) in [5.41, 5.74) is 0.654. The normalized spacial score (nSPS) is 24.6. The number of sulfone groups is 1. The first kappa shape index (κ1) is 15.1. The van der Waals surface area contributed by atoms with E-state index in [0.717, 1.165) is 17.1 Å². The van der Waals surface area contributed by atoms with Crippen molar-refractivity contribution in [2.24, 2.45) is 0 Å². The summed E-state index contributed by atoms with van der Waals surface area (Å²) in [6.07, 6.45) is 0.649. The van der Waals surface area contributed by atoms with Gasteiger partial charge in [0, 0.05) is 18.2 Å². The van der Waals surface area contributed by atoms with E-state index in [2.05, 4.69) is 5.32 Å². The van der Waals surface area contributed by atoms with Crippen LogP contribution in [0.5, 0.6) is 11.5 Å². The quantitative estimate of drug-likeness (QED) is 0.889. The predicted molar refractivity (Wildman–Crippen MR) is 78.1 cm³/mol. The molecule has 0 aromatic heterocycles. The van der Waals surface area contributed by atoms with E-state index in [0.29, 0.717) is 13.0 Å². The van der Waals surface area contributed by atoms with E-state index in [9.17, 15) is 8.42 Å². The largest absolute Gasteiger partial charge is 0.497 e. The first-order valence-electron chi connectivity index (χ1n) is 6.53.